The van der Waals surface area contributed by atoms with Crippen LogP contribution < -0.4 is 15.6 Å². The number of nitrogens with one attached hydrogen (secondary N) is 1. The van der Waals surface area contributed by atoms with Crippen LogP contribution in [0.5, 0.6) is 5.75 Å². The topological polar surface area (TPSA) is 95.9 Å². The Morgan fingerprint density at radius 3 is 2.67 bits per heavy atom. The third kappa shape index (κ3) is 3.90. The van der Waals surface area contributed by atoms with Gasteiger partial charge >= 0.3 is 0 Å². The first-order valence-corrected chi connectivity index (χ1v) is 5.67. The summed E-state index contributed by atoms with van der Waals surface area (Å²) in [5.41, 5.74) is 0.532. The van der Waals surface area contributed by atoms with Gasteiger partial charge in [-0.05, 0) is 18.1 Å². The first kappa shape index (κ1) is 14.3. The van der Waals surface area contributed by atoms with Crippen LogP contribution >= 0.6 is 0 Å². The second-order valence-electron chi connectivity index (χ2n) is 4.29. The van der Waals surface area contributed by atoms with E-state index in [0.717, 1.165) is 5.56 Å². The molecule has 100 valence electrons. The minimum absolute atomic E-state index is 0.0402. The van der Waals surface area contributed by atoms with Gasteiger partial charge in [0.15, 0.2) is 0 Å². The fourth-order valence-electron chi connectivity index (χ4n) is 1.41. The van der Waals surface area contributed by atoms with E-state index in [0.29, 0.717) is 13.0 Å². The zero-order chi connectivity index (χ0) is 13.7. The van der Waals surface area contributed by atoms with E-state index in [-0.39, 0.29) is 22.7 Å². The smallest absolute Gasteiger partial charge is 0.222 e. The molecule has 0 unspecified atom stereocenters. The molecule has 0 spiro atoms. The first-order chi connectivity index (χ1) is 8.41. The standard InChI is InChI=1S/C12H18N2O4/c1-8(2)12(16)13-6-5-9-3-4-11(15)10(7-9)14(17)18/h3-4,7-8,15,17-18H,5-6H2,1-2H3,(H,13,16)/p-1. The molecule has 1 amide bonds. The minimum atomic E-state index is -0.477. The maximum absolute atomic E-state index is 11.3. The average molecular weight is 253 g/mol. The Bertz CT molecular complexity index is 419. The summed E-state index contributed by atoms with van der Waals surface area (Å²) < 4.78 is 0. The van der Waals surface area contributed by atoms with Crippen molar-refractivity contribution in [2.24, 2.45) is 5.92 Å². The Kier molecular flexibility index (Phi) is 4.94. The van der Waals surface area contributed by atoms with Gasteiger partial charge < -0.3 is 10.4 Å². The maximum atomic E-state index is 11.3. The molecule has 0 aliphatic heterocycles. The summed E-state index contributed by atoms with van der Waals surface area (Å²) in [5.74, 6) is -0.591. The first-order valence-electron chi connectivity index (χ1n) is 5.67. The molecule has 1 rings (SSSR count). The van der Waals surface area contributed by atoms with E-state index in [1.54, 1.807) is 19.9 Å². The van der Waals surface area contributed by atoms with Gasteiger partial charge in [0.25, 0.3) is 0 Å². The molecule has 0 aliphatic carbocycles. The van der Waals surface area contributed by atoms with Crippen LogP contribution in [0.25, 0.3) is 0 Å². The summed E-state index contributed by atoms with van der Waals surface area (Å²) in [6.45, 7) is 4.04. The van der Waals surface area contributed by atoms with Gasteiger partial charge in [-0.15, -0.1) is 5.23 Å². The van der Waals surface area contributed by atoms with Crippen LogP contribution in [0.1, 0.15) is 19.4 Å². The van der Waals surface area contributed by atoms with Gasteiger partial charge in [0.1, 0.15) is 0 Å². The molecule has 0 heterocycles. The third-order valence-electron chi connectivity index (χ3n) is 2.48. The highest BCUT2D eigenvalue weighted by Crippen LogP contribution is 2.23. The molecule has 0 bridgehead atoms. The molecule has 0 fully saturated rings. The number of benzene rings is 1. The van der Waals surface area contributed by atoms with Gasteiger partial charge in [0.2, 0.25) is 5.91 Å². The molecule has 0 atom stereocenters. The number of nitrogens with zero attached hydrogens (tertiary/aromatic N) is 1. The molecule has 0 radical (unpaired) electrons. The Balaban J connectivity index is 2.58. The molecule has 0 aromatic heterocycles. The molecule has 3 N–H and O–H groups in total. The highest BCUT2D eigenvalue weighted by Gasteiger charge is 2.06. The molecule has 1 aromatic carbocycles. The maximum Gasteiger partial charge on any atom is 0.222 e. The van der Waals surface area contributed by atoms with E-state index < -0.39 is 5.75 Å². The lowest BCUT2D eigenvalue weighted by Crippen LogP contribution is -2.29. The number of amides is 1. The van der Waals surface area contributed by atoms with E-state index >= 15 is 0 Å². The fourth-order valence-corrected chi connectivity index (χ4v) is 1.41. The zero-order valence-electron chi connectivity index (χ0n) is 10.4. The van der Waals surface area contributed by atoms with Crippen molar-refractivity contribution >= 4 is 11.6 Å². The SMILES string of the molecule is CC(C)C(=O)NCCc1ccc([O-])c(N(O)O)c1. The third-order valence-corrected chi connectivity index (χ3v) is 2.48. The van der Waals surface area contributed by atoms with Crippen LogP contribution in [0.15, 0.2) is 18.2 Å². The molecule has 6 nitrogen and oxygen atoms in total. The van der Waals surface area contributed by atoms with Gasteiger partial charge in [-0.1, -0.05) is 31.7 Å². The van der Waals surface area contributed by atoms with Crippen LogP contribution in [0.3, 0.4) is 0 Å². The Hall–Kier alpha value is -1.79. The van der Waals surface area contributed by atoms with Gasteiger partial charge in [-0.25, -0.2) is 0 Å². The van der Waals surface area contributed by atoms with Crippen molar-refractivity contribution in [1.29, 1.82) is 0 Å². The predicted octanol–water partition coefficient (Wildman–Crippen LogP) is 0.660. The van der Waals surface area contributed by atoms with Gasteiger partial charge in [0.05, 0.1) is 5.69 Å². The van der Waals surface area contributed by atoms with E-state index in [4.69, 9.17) is 10.4 Å². The van der Waals surface area contributed by atoms with Crippen LogP contribution in [0.2, 0.25) is 0 Å². The van der Waals surface area contributed by atoms with Crippen molar-refractivity contribution in [1.82, 2.24) is 5.32 Å². The Morgan fingerprint density at radius 1 is 1.44 bits per heavy atom. The number of carbonyl (C=O) groups is 1. The van der Waals surface area contributed by atoms with Gasteiger partial charge in [0, 0.05) is 12.5 Å². The van der Waals surface area contributed by atoms with E-state index in [9.17, 15) is 9.90 Å². The minimum Gasteiger partial charge on any atom is -0.871 e. The molecule has 0 aliphatic rings. The molecular formula is C12H17N2O4-. The van der Waals surface area contributed by atoms with Crippen molar-refractivity contribution in [3.8, 4) is 5.75 Å². The van der Waals surface area contributed by atoms with Crippen LogP contribution in [0, 0.1) is 5.92 Å². The number of anilines is 1. The number of rotatable bonds is 5. The second kappa shape index (κ2) is 6.23. The molecule has 18 heavy (non-hydrogen) atoms. The highest BCUT2D eigenvalue weighted by molar-refractivity contribution is 5.77. The van der Waals surface area contributed by atoms with Gasteiger partial charge in [-0.2, -0.15) is 0 Å². The lowest BCUT2D eigenvalue weighted by molar-refractivity contribution is -0.268. The fraction of sp³-hybridized carbons (Fsp3) is 0.417. The molecular weight excluding hydrogens is 236 g/mol. The van der Waals surface area contributed by atoms with Crippen molar-refractivity contribution in [2.45, 2.75) is 20.3 Å². The summed E-state index contributed by atoms with van der Waals surface area (Å²) in [7, 11) is 0. The van der Waals surface area contributed by atoms with Crippen LogP contribution in [-0.4, -0.2) is 22.9 Å². The lowest BCUT2D eigenvalue weighted by Gasteiger charge is -2.18. The molecule has 0 saturated heterocycles. The summed E-state index contributed by atoms with van der Waals surface area (Å²) >= 11 is 0. The number of hydrogen-bond donors (Lipinski definition) is 3. The van der Waals surface area contributed by atoms with E-state index in [1.807, 2.05) is 0 Å². The van der Waals surface area contributed by atoms with Crippen molar-refractivity contribution in [3.05, 3.63) is 23.8 Å². The summed E-state index contributed by atoms with van der Waals surface area (Å²) in [4.78, 5) is 11.3. The lowest BCUT2D eigenvalue weighted by atomic mass is 10.1. The summed E-state index contributed by atoms with van der Waals surface area (Å²) in [5, 5.41) is 31.5. The predicted molar refractivity (Wildman–Crippen MR) is 63.5 cm³/mol. The molecule has 0 saturated carbocycles. The summed E-state index contributed by atoms with van der Waals surface area (Å²) in [6, 6.07) is 4.23. The van der Waals surface area contributed by atoms with Crippen molar-refractivity contribution < 1.29 is 20.3 Å². The normalized spacial score (nSPS) is 10.5. The van der Waals surface area contributed by atoms with Crippen molar-refractivity contribution in [2.75, 3.05) is 11.8 Å². The molecule has 1 aromatic rings. The van der Waals surface area contributed by atoms with Crippen LogP contribution in [-0.2, 0) is 11.2 Å². The quantitative estimate of drug-likeness (QED) is 0.670. The number of carbonyl (C=O) groups excluding carboxylic acids is 1. The van der Waals surface area contributed by atoms with Crippen LogP contribution in [0.4, 0.5) is 5.69 Å². The van der Waals surface area contributed by atoms with E-state index in [1.165, 1.54) is 12.1 Å². The average Bonchev–Trinajstić information content (AvgIpc) is 2.30. The monoisotopic (exact) mass is 253 g/mol. The largest absolute Gasteiger partial charge is 0.871 e. The molecule has 6 heteroatoms. The Morgan fingerprint density at radius 2 is 2.11 bits per heavy atom. The highest BCUT2D eigenvalue weighted by atomic mass is 16.8. The van der Waals surface area contributed by atoms with E-state index in [2.05, 4.69) is 5.32 Å². The van der Waals surface area contributed by atoms with Gasteiger partial charge in [-0.3, -0.25) is 15.2 Å². The van der Waals surface area contributed by atoms with Crippen molar-refractivity contribution in [3.63, 3.8) is 0 Å². The Labute approximate surface area is 105 Å². The number of hydrogen-bond acceptors (Lipinski definition) is 5. The zero-order valence-corrected chi connectivity index (χ0v) is 10.4. The summed E-state index contributed by atoms with van der Waals surface area (Å²) in [6.07, 6.45) is 0.513. The second-order valence-corrected chi connectivity index (χ2v) is 4.29.